The van der Waals surface area contributed by atoms with Gasteiger partial charge in [-0.05, 0) is 36.4 Å². The number of hydrogen-bond donors (Lipinski definition) is 0. The molecule has 0 spiro atoms. The molecule has 2 aromatic carbocycles. The van der Waals surface area contributed by atoms with Gasteiger partial charge in [-0.1, -0.05) is 18.2 Å². The van der Waals surface area contributed by atoms with Gasteiger partial charge in [-0.25, -0.2) is 0 Å². The highest BCUT2D eigenvalue weighted by Crippen LogP contribution is 2.26. The summed E-state index contributed by atoms with van der Waals surface area (Å²) in [6, 6.07) is 15.5. The molecular weight excluding hydrogens is 294 g/mol. The van der Waals surface area contributed by atoms with E-state index in [-0.39, 0.29) is 12.3 Å². The molecular formula is C18H15NO4. The number of para-hydroxylation sites is 1. The molecule has 1 aliphatic heterocycles. The lowest BCUT2D eigenvalue weighted by molar-refractivity contribution is -0.139. The van der Waals surface area contributed by atoms with Crippen LogP contribution in [0.25, 0.3) is 0 Å². The van der Waals surface area contributed by atoms with E-state index in [2.05, 4.69) is 0 Å². The first-order chi connectivity index (χ1) is 11.2. The summed E-state index contributed by atoms with van der Waals surface area (Å²) in [4.78, 5) is 36.5. The second-order valence-electron chi connectivity index (χ2n) is 5.35. The van der Waals surface area contributed by atoms with Gasteiger partial charge in [0.15, 0.2) is 0 Å². The minimum Gasteiger partial charge on any atom is -0.426 e. The molecule has 0 saturated carbocycles. The average Bonchev–Trinajstić information content (AvgIpc) is 2.98. The van der Waals surface area contributed by atoms with E-state index in [0.29, 0.717) is 17.9 Å². The van der Waals surface area contributed by atoms with Gasteiger partial charge in [0.25, 0.3) is 0 Å². The van der Waals surface area contributed by atoms with E-state index < -0.39 is 11.9 Å². The molecule has 0 N–H and O–H groups in total. The lowest BCUT2D eigenvalue weighted by Crippen LogP contribution is -2.27. The average molecular weight is 309 g/mol. The number of ether oxygens (including phenoxy) is 1. The Morgan fingerprint density at radius 2 is 1.78 bits per heavy atom. The highest BCUT2D eigenvalue weighted by molar-refractivity contribution is 5.99. The Hall–Kier alpha value is -2.95. The first-order valence-electron chi connectivity index (χ1n) is 7.30. The van der Waals surface area contributed by atoms with Gasteiger partial charge in [-0.15, -0.1) is 0 Å². The Kier molecular flexibility index (Phi) is 4.19. The molecule has 1 heterocycles. The van der Waals surface area contributed by atoms with Crippen molar-refractivity contribution in [2.24, 2.45) is 5.92 Å². The summed E-state index contributed by atoms with van der Waals surface area (Å²) in [7, 11) is 0. The van der Waals surface area contributed by atoms with Crippen LogP contribution in [0, 0.1) is 5.92 Å². The highest BCUT2D eigenvalue weighted by atomic mass is 16.5. The topological polar surface area (TPSA) is 63.7 Å². The SMILES string of the molecule is O=Cc1ccc(OC(=O)[C@H]2CC(=O)N(c3ccccc3)C2)cc1. The summed E-state index contributed by atoms with van der Waals surface area (Å²) in [5, 5.41) is 0. The summed E-state index contributed by atoms with van der Waals surface area (Å²) >= 11 is 0. The normalized spacial score (nSPS) is 17.1. The number of benzene rings is 2. The first kappa shape index (κ1) is 15.0. The van der Waals surface area contributed by atoms with E-state index >= 15 is 0 Å². The lowest BCUT2D eigenvalue weighted by atomic mass is 10.1. The van der Waals surface area contributed by atoms with Crippen LogP contribution in [0.3, 0.4) is 0 Å². The Morgan fingerprint density at radius 3 is 2.43 bits per heavy atom. The Labute approximate surface area is 133 Å². The van der Waals surface area contributed by atoms with Gasteiger partial charge in [0.05, 0.1) is 5.92 Å². The van der Waals surface area contributed by atoms with E-state index in [1.54, 1.807) is 29.2 Å². The molecule has 1 fully saturated rings. The Morgan fingerprint density at radius 1 is 1.09 bits per heavy atom. The van der Waals surface area contributed by atoms with Crippen molar-refractivity contribution in [2.45, 2.75) is 6.42 Å². The van der Waals surface area contributed by atoms with Crippen LogP contribution in [-0.4, -0.2) is 24.7 Å². The second-order valence-corrected chi connectivity index (χ2v) is 5.35. The van der Waals surface area contributed by atoms with Crippen molar-refractivity contribution in [3.8, 4) is 5.75 Å². The standard InChI is InChI=1S/C18H15NO4/c20-12-13-6-8-16(9-7-13)23-18(22)14-10-17(21)19(11-14)15-4-2-1-3-5-15/h1-9,12,14H,10-11H2/t14-/m0/s1. The van der Waals surface area contributed by atoms with Crippen LogP contribution in [0.2, 0.25) is 0 Å². The molecule has 116 valence electrons. The van der Waals surface area contributed by atoms with Crippen molar-refractivity contribution < 1.29 is 19.1 Å². The van der Waals surface area contributed by atoms with Crippen molar-refractivity contribution in [2.75, 3.05) is 11.4 Å². The third-order valence-electron chi connectivity index (χ3n) is 3.76. The summed E-state index contributed by atoms with van der Waals surface area (Å²) < 4.78 is 5.30. The van der Waals surface area contributed by atoms with Crippen molar-refractivity contribution in [1.82, 2.24) is 0 Å². The van der Waals surface area contributed by atoms with Gasteiger partial charge in [-0.3, -0.25) is 14.4 Å². The van der Waals surface area contributed by atoms with Gasteiger partial charge in [-0.2, -0.15) is 0 Å². The maximum absolute atomic E-state index is 12.2. The number of carbonyl (C=O) groups is 3. The fraction of sp³-hybridized carbons (Fsp3) is 0.167. The third kappa shape index (κ3) is 3.29. The maximum Gasteiger partial charge on any atom is 0.316 e. The number of aldehydes is 1. The zero-order chi connectivity index (χ0) is 16.2. The lowest BCUT2D eigenvalue weighted by Gasteiger charge is -2.16. The number of hydrogen-bond acceptors (Lipinski definition) is 4. The Bertz CT molecular complexity index is 724. The van der Waals surface area contributed by atoms with E-state index in [4.69, 9.17) is 4.74 Å². The molecule has 5 heteroatoms. The predicted molar refractivity (Wildman–Crippen MR) is 84.4 cm³/mol. The van der Waals surface area contributed by atoms with Crippen molar-refractivity contribution >= 4 is 23.9 Å². The van der Waals surface area contributed by atoms with Gasteiger partial charge < -0.3 is 9.64 Å². The fourth-order valence-corrected chi connectivity index (χ4v) is 2.54. The number of esters is 1. The Balaban J connectivity index is 1.66. The minimum atomic E-state index is -0.492. The van der Waals surface area contributed by atoms with E-state index in [0.717, 1.165) is 12.0 Å². The number of carbonyl (C=O) groups excluding carboxylic acids is 3. The molecule has 1 saturated heterocycles. The summed E-state index contributed by atoms with van der Waals surface area (Å²) in [5.41, 5.74) is 1.29. The molecule has 23 heavy (non-hydrogen) atoms. The summed E-state index contributed by atoms with van der Waals surface area (Å²) in [6.45, 7) is 0.314. The second kappa shape index (κ2) is 6.44. The molecule has 1 aliphatic rings. The van der Waals surface area contributed by atoms with Gasteiger partial charge in [0, 0.05) is 24.2 Å². The quantitative estimate of drug-likeness (QED) is 0.494. The molecule has 0 aromatic heterocycles. The van der Waals surface area contributed by atoms with Crippen LogP contribution in [0.4, 0.5) is 5.69 Å². The van der Waals surface area contributed by atoms with Crippen LogP contribution in [0.15, 0.2) is 54.6 Å². The van der Waals surface area contributed by atoms with E-state index in [1.807, 2.05) is 30.3 Å². The summed E-state index contributed by atoms with van der Waals surface area (Å²) in [5.74, 6) is -0.648. The van der Waals surface area contributed by atoms with Crippen LogP contribution in [-0.2, 0) is 9.59 Å². The molecule has 0 bridgehead atoms. The number of rotatable bonds is 4. The highest BCUT2D eigenvalue weighted by Gasteiger charge is 2.36. The monoisotopic (exact) mass is 309 g/mol. The zero-order valence-electron chi connectivity index (χ0n) is 12.3. The summed E-state index contributed by atoms with van der Waals surface area (Å²) in [6.07, 6.45) is 0.860. The molecule has 1 amide bonds. The molecule has 3 rings (SSSR count). The molecule has 0 unspecified atom stereocenters. The van der Waals surface area contributed by atoms with Crippen LogP contribution < -0.4 is 9.64 Å². The third-order valence-corrected chi connectivity index (χ3v) is 3.76. The minimum absolute atomic E-state index is 0.0885. The van der Waals surface area contributed by atoms with Gasteiger partial charge in [0.2, 0.25) is 5.91 Å². The van der Waals surface area contributed by atoms with Gasteiger partial charge in [0.1, 0.15) is 12.0 Å². The number of nitrogens with zero attached hydrogens (tertiary/aromatic N) is 1. The van der Waals surface area contributed by atoms with Crippen LogP contribution >= 0.6 is 0 Å². The largest absolute Gasteiger partial charge is 0.426 e. The molecule has 5 nitrogen and oxygen atoms in total. The smallest absolute Gasteiger partial charge is 0.316 e. The van der Waals surface area contributed by atoms with Crippen LogP contribution in [0.1, 0.15) is 16.8 Å². The molecule has 0 aliphatic carbocycles. The van der Waals surface area contributed by atoms with E-state index in [9.17, 15) is 14.4 Å². The number of amides is 1. The molecule has 2 aromatic rings. The van der Waals surface area contributed by atoms with Crippen LogP contribution in [0.5, 0.6) is 5.75 Å². The predicted octanol–water partition coefficient (Wildman–Crippen LogP) is 2.46. The van der Waals surface area contributed by atoms with Gasteiger partial charge >= 0.3 is 5.97 Å². The van der Waals surface area contributed by atoms with E-state index in [1.165, 1.54) is 0 Å². The molecule has 0 radical (unpaired) electrons. The zero-order valence-corrected chi connectivity index (χ0v) is 12.3. The van der Waals surface area contributed by atoms with Crippen molar-refractivity contribution in [1.29, 1.82) is 0 Å². The van der Waals surface area contributed by atoms with Crippen molar-refractivity contribution in [3.63, 3.8) is 0 Å². The fourth-order valence-electron chi connectivity index (χ4n) is 2.54. The first-order valence-corrected chi connectivity index (χ1v) is 7.30. The van der Waals surface area contributed by atoms with Crippen molar-refractivity contribution in [3.05, 3.63) is 60.2 Å². The molecule has 1 atom stereocenters. The maximum atomic E-state index is 12.2. The number of anilines is 1.